The minimum absolute atomic E-state index is 0.0406. The second-order valence-electron chi connectivity index (χ2n) is 3.08. The zero-order valence-corrected chi connectivity index (χ0v) is 9.89. The molecule has 0 unspecified atom stereocenters. The summed E-state index contributed by atoms with van der Waals surface area (Å²) in [5, 5.41) is 12.0. The molecule has 1 heterocycles. The lowest BCUT2D eigenvalue weighted by atomic mass is 10.1. The molecule has 0 aliphatic rings. The van der Waals surface area contributed by atoms with Crippen LogP contribution in [-0.2, 0) is 0 Å². The highest BCUT2D eigenvalue weighted by Gasteiger charge is 2.15. The largest absolute Gasteiger partial charge is 0.481 e. The number of nitro benzene ring substituents is 1. The van der Waals surface area contributed by atoms with Gasteiger partial charge in [0.05, 0.1) is 22.8 Å². The van der Waals surface area contributed by atoms with Gasteiger partial charge in [-0.25, -0.2) is 4.98 Å². The Labute approximate surface area is 99.3 Å². The summed E-state index contributed by atoms with van der Waals surface area (Å²) in [6, 6.07) is 6.41. The molecule has 0 atom stereocenters. The van der Waals surface area contributed by atoms with Crippen LogP contribution in [0, 0.1) is 10.1 Å². The van der Waals surface area contributed by atoms with E-state index in [1.165, 1.54) is 13.2 Å². The average molecular weight is 283 g/mol. The molecule has 0 spiro atoms. The number of benzene rings is 1. The number of fused-ring (bicyclic) bond motifs is 1. The fourth-order valence-electron chi connectivity index (χ4n) is 1.51. The number of pyridine rings is 1. The fraction of sp³-hybridized carbons (Fsp3) is 0.100. The van der Waals surface area contributed by atoms with Gasteiger partial charge in [-0.1, -0.05) is 6.07 Å². The first-order valence-corrected chi connectivity index (χ1v) is 5.20. The summed E-state index contributed by atoms with van der Waals surface area (Å²) in [4.78, 5) is 14.5. The molecular weight excluding hydrogens is 276 g/mol. The molecule has 82 valence electrons. The number of hydrogen-bond acceptors (Lipinski definition) is 4. The quantitative estimate of drug-likeness (QED) is 0.483. The molecule has 5 nitrogen and oxygen atoms in total. The van der Waals surface area contributed by atoms with E-state index in [0.29, 0.717) is 21.3 Å². The van der Waals surface area contributed by atoms with Gasteiger partial charge < -0.3 is 4.74 Å². The molecule has 0 saturated heterocycles. The Bertz CT molecular complexity index is 571. The highest BCUT2D eigenvalue weighted by Crippen LogP contribution is 2.32. The smallest absolute Gasteiger partial charge is 0.277 e. The van der Waals surface area contributed by atoms with E-state index in [2.05, 4.69) is 20.9 Å². The summed E-state index contributed by atoms with van der Waals surface area (Å²) < 4.78 is 5.59. The molecule has 1 aromatic carbocycles. The Morgan fingerprint density at radius 3 is 2.81 bits per heavy atom. The van der Waals surface area contributed by atoms with Crippen LogP contribution < -0.4 is 4.74 Å². The van der Waals surface area contributed by atoms with Gasteiger partial charge in [-0.15, -0.1) is 0 Å². The summed E-state index contributed by atoms with van der Waals surface area (Å²) in [6.45, 7) is 0. The fourth-order valence-corrected chi connectivity index (χ4v) is 1.90. The molecule has 0 amide bonds. The third-order valence-corrected chi connectivity index (χ3v) is 2.58. The normalized spacial score (nSPS) is 10.4. The molecule has 0 aliphatic carbocycles. The topological polar surface area (TPSA) is 65.3 Å². The van der Waals surface area contributed by atoms with Gasteiger partial charge in [-0.2, -0.15) is 0 Å². The number of aromatic nitrogens is 1. The predicted molar refractivity (Wildman–Crippen MR) is 62.6 cm³/mol. The van der Waals surface area contributed by atoms with Gasteiger partial charge in [0.15, 0.2) is 0 Å². The maximum Gasteiger partial charge on any atom is 0.277 e. The second kappa shape index (κ2) is 4.05. The molecule has 0 bridgehead atoms. The van der Waals surface area contributed by atoms with Crippen molar-refractivity contribution in [3.63, 3.8) is 0 Å². The van der Waals surface area contributed by atoms with Crippen LogP contribution in [0.1, 0.15) is 0 Å². The van der Waals surface area contributed by atoms with Crippen molar-refractivity contribution in [2.24, 2.45) is 0 Å². The van der Waals surface area contributed by atoms with Crippen molar-refractivity contribution in [2.75, 3.05) is 7.11 Å². The minimum atomic E-state index is -0.422. The maximum atomic E-state index is 10.9. The molecule has 1 aromatic heterocycles. The van der Waals surface area contributed by atoms with Crippen LogP contribution in [0.3, 0.4) is 0 Å². The van der Waals surface area contributed by atoms with Gasteiger partial charge in [0.25, 0.3) is 5.69 Å². The van der Waals surface area contributed by atoms with Crippen molar-refractivity contribution in [1.82, 2.24) is 4.98 Å². The third-order valence-electron chi connectivity index (χ3n) is 2.18. The Hall–Kier alpha value is -1.69. The first-order valence-electron chi connectivity index (χ1n) is 4.41. The summed E-state index contributed by atoms with van der Waals surface area (Å²) in [7, 11) is 1.48. The van der Waals surface area contributed by atoms with Gasteiger partial charge >= 0.3 is 0 Å². The Kier molecular flexibility index (Phi) is 2.74. The van der Waals surface area contributed by atoms with E-state index in [4.69, 9.17) is 4.74 Å². The van der Waals surface area contributed by atoms with Gasteiger partial charge in [0.2, 0.25) is 5.88 Å². The van der Waals surface area contributed by atoms with Crippen molar-refractivity contribution >= 4 is 32.4 Å². The van der Waals surface area contributed by atoms with Crippen molar-refractivity contribution < 1.29 is 9.66 Å². The van der Waals surface area contributed by atoms with Crippen LogP contribution >= 0.6 is 15.9 Å². The standard InChI is InChI=1S/C10H7BrN2O3/c1-16-10-6-3-2-4-8(13(14)15)7(6)5-9(11)12-10/h2-5H,1H3. The average Bonchev–Trinajstić information content (AvgIpc) is 2.26. The number of rotatable bonds is 2. The van der Waals surface area contributed by atoms with Crippen LogP contribution in [0.5, 0.6) is 5.88 Å². The van der Waals surface area contributed by atoms with E-state index in [1.807, 2.05) is 0 Å². The maximum absolute atomic E-state index is 10.9. The number of non-ortho nitro benzene ring substituents is 1. The van der Waals surface area contributed by atoms with Gasteiger partial charge in [0, 0.05) is 6.07 Å². The highest BCUT2D eigenvalue weighted by molar-refractivity contribution is 9.10. The summed E-state index contributed by atoms with van der Waals surface area (Å²) >= 11 is 3.19. The molecule has 2 aromatic rings. The minimum Gasteiger partial charge on any atom is -0.481 e. The molecule has 0 saturated carbocycles. The van der Waals surface area contributed by atoms with Crippen molar-refractivity contribution in [3.05, 3.63) is 39.0 Å². The van der Waals surface area contributed by atoms with Crippen LogP contribution in [-0.4, -0.2) is 17.0 Å². The lowest BCUT2D eigenvalue weighted by Gasteiger charge is -2.05. The van der Waals surface area contributed by atoms with E-state index in [-0.39, 0.29) is 5.69 Å². The Balaban J connectivity index is 2.87. The Morgan fingerprint density at radius 1 is 1.44 bits per heavy atom. The van der Waals surface area contributed by atoms with Crippen molar-refractivity contribution in [2.45, 2.75) is 0 Å². The number of ether oxygens (including phenoxy) is 1. The van der Waals surface area contributed by atoms with Crippen LogP contribution in [0.15, 0.2) is 28.9 Å². The first kappa shape index (κ1) is 10.8. The number of halogens is 1. The second-order valence-corrected chi connectivity index (χ2v) is 3.90. The molecule has 0 fully saturated rings. The van der Waals surface area contributed by atoms with Crippen molar-refractivity contribution in [1.29, 1.82) is 0 Å². The summed E-state index contributed by atoms with van der Waals surface area (Å²) in [5.74, 6) is 0.369. The van der Waals surface area contributed by atoms with Crippen LogP contribution in [0.4, 0.5) is 5.69 Å². The number of methoxy groups -OCH3 is 1. The van der Waals surface area contributed by atoms with E-state index >= 15 is 0 Å². The van der Waals surface area contributed by atoms with Gasteiger partial charge in [0.1, 0.15) is 4.60 Å². The summed E-state index contributed by atoms with van der Waals surface area (Å²) in [6.07, 6.45) is 0. The molecular formula is C10H7BrN2O3. The SMILES string of the molecule is COc1nc(Br)cc2c([N+](=O)[O-])cccc12. The molecule has 2 rings (SSSR count). The lowest BCUT2D eigenvalue weighted by Crippen LogP contribution is -1.93. The third kappa shape index (κ3) is 1.71. The zero-order valence-electron chi connectivity index (χ0n) is 8.31. The van der Waals surface area contributed by atoms with Crippen molar-refractivity contribution in [3.8, 4) is 5.88 Å². The molecule has 0 aliphatic heterocycles. The monoisotopic (exact) mass is 282 g/mol. The number of nitro groups is 1. The van der Waals surface area contributed by atoms with E-state index in [0.717, 1.165) is 0 Å². The molecule has 16 heavy (non-hydrogen) atoms. The van der Waals surface area contributed by atoms with Crippen LogP contribution in [0.2, 0.25) is 0 Å². The predicted octanol–water partition coefficient (Wildman–Crippen LogP) is 2.91. The van der Waals surface area contributed by atoms with E-state index in [9.17, 15) is 10.1 Å². The molecule has 0 radical (unpaired) electrons. The molecule has 6 heteroatoms. The molecule has 0 N–H and O–H groups in total. The number of hydrogen-bond donors (Lipinski definition) is 0. The van der Waals surface area contributed by atoms with E-state index in [1.54, 1.807) is 18.2 Å². The zero-order chi connectivity index (χ0) is 11.7. The Morgan fingerprint density at radius 2 is 2.19 bits per heavy atom. The summed E-state index contributed by atoms with van der Waals surface area (Å²) in [5.41, 5.74) is 0.0406. The van der Waals surface area contributed by atoms with Gasteiger partial charge in [-0.3, -0.25) is 10.1 Å². The number of nitrogens with zero attached hydrogens (tertiary/aromatic N) is 2. The van der Waals surface area contributed by atoms with Crippen LogP contribution in [0.25, 0.3) is 10.8 Å². The van der Waals surface area contributed by atoms with Gasteiger partial charge in [-0.05, 0) is 28.1 Å². The highest BCUT2D eigenvalue weighted by atomic mass is 79.9. The lowest BCUT2D eigenvalue weighted by molar-refractivity contribution is -0.383. The first-order chi connectivity index (χ1) is 7.63. The van der Waals surface area contributed by atoms with E-state index < -0.39 is 4.92 Å².